The topological polar surface area (TPSA) is 33.2 Å². The van der Waals surface area contributed by atoms with Gasteiger partial charge in [-0.3, -0.25) is 4.21 Å². The van der Waals surface area contributed by atoms with Crippen molar-refractivity contribution >= 4 is 39.1 Å². The van der Waals surface area contributed by atoms with Gasteiger partial charge < -0.3 is 4.90 Å². The van der Waals surface area contributed by atoms with Crippen molar-refractivity contribution in [2.75, 3.05) is 29.5 Å². The first-order chi connectivity index (χ1) is 9.28. The summed E-state index contributed by atoms with van der Waals surface area (Å²) in [5, 5.41) is 1.11. The van der Waals surface area contributed by atoms with Gasteiger partial charge >= 0.3 is 0 Å². The van der Waals surface area contributed by atoms with E-state index in [0.717, 1.165) is 46.9 Å². The van der Waals surface area contributed by atoms with Gasteiger partial charge in [-0.2, -0.15) is 0 Å². The highest BCUT2D eigenvalue weighted by Crippen LogP contribution is 2.24. The lowest BCUT2D eigenvalue weighted by Gasteiger charge is -2.28. The van der Waals surface area contributed by atoms with Gasteiger partial charge in [-0.25, -0.2) is 4.98 Å². The summed E-state index contributed by atoms with van der Waals surface area (Å²) in [6.45, 7) is 1.61. The molecule has 1 aromatic heterocycles. The number of aromatic nitrogens is 1. The zero-order chi connectivity index (χ0) is 13.2. The van der Waals surface area contributed by atoms with Crippen molar-refractivity contribution in [2.24, 2.45) is 0 Å². The number of hydrogen-bond acceptors (Lipinski definition) is 3. The van der Waals surface area contributed by atoms with Crippen LogP contribution >= 0.6 is 11.6 Å². The van der Waals surface area contributed by atoms with Gasteiger partial charge in [0.2, 0.25) is 0 Å². The highest BCUT2D eigenvalue weighted by Gasteiger charge is 2.17. The zero-order valence-corrected chi connectivity index (χ0v) is 12.1. The Hall–Kier alpha value is -1.13. The molecule has 2 heterocycles. The van der Waals surface area contributed by atoms with Gasteiger partial charge in [0.25, 0.3) is 0 Å². The maximum atomic E-state index is 11.4. The Morgan fingerprint density at radius 1 is 1.26 bits per heavy atom. The van der Waals surface area contributed by atoms with Crippen LogP contribution in [0.25, 0.3) is 10.9 Å². The summed E-state index contributed by atoms with van der Waals surface area (Å²) >= 11 is 6.05. The first kappa shape index (κ1) is 12.9. The van der Waals surface area contributed by atoms with Gasteiger partial charge in [-0.1, -0.05) is 18.2 Å². The van der Waals surface area contributed by atoms with Gasteiger partial charge in [0.1, 0.15) is 5.82 Å². The molecule has 0 unspecified atom stereocenters. The van der Waals surface area contributed by atoms with Crippen LogP contribution in [0.1, 0.15) is 5.56 Å². The molecule has 1 aliphatic heterocycles. The van der Waals surface area contributed by atoms with E-state index >= 15 is 0 Å². The lowest BCUT2D eigenvalue weighted by molar-refractivity contribution is 0.672. The van der Waals surface area contributed by atoms with Crippen molar-refractivity contribution in [1.29, 1.82) is 0 Å². The van der Waals surface area contributed by atoms with Crippen LogP contribution in [0.5, 0.6) is 0 Å². The lowest BCUT2D eigenvalue weighted by atomic mass is 10.1. The van der Waals surface area contributed by atoms with Crippen LogP contribution in [0.2, 0.25) is 0 Å². The maximum Gasteiger partial charge on any atom is 0.129 e. The van der Waals surface area contributed by atoms with E-state index in [1.54, 1.807) is 0 Å². The molecule has 0 amide bonds. The molecule has 0 radical (unpaired) electrons. The van der Waals surface area contributed by atoms with E-state index < -0.39 is 10.8 Å². The summed E-state index contributed by atoms with van der Waals surface area (Å²) in [5.41, 5.74) is 2.08. The van der Waals surface area contributed by atoms with E-state index in [2.05, 4.69) is 17.0 Å². The Morgan fingerprint density at radius 3 is 2.74 bits per heavy atom. The summed E-state index contributed by atoms with van der Waals surface area (Å²) in [4.78, 5) is 6.90. The second kappa shape index (κ2) is 5.47. The summed E-state index contributed by atoms with van der Waals surface area (Å²) in [6.07, 6.45) is 0. The summed E-state index contributed by atoms with van der Waals surface area (Å²) in [6, 6.07) is 10.1. The number of fused-ring (bicyclic) bond motifs is 1. The molecule has 5 heteroatoms. The molecule has 1 fully saturated rings. The minimum Gasteiger partial charge on any atom is -0.355 e. The molecular weight excluding hydrogens is 280 g/mol. The van der Waals surface area contributed by atoms with Crippen molar-refractivity contribution in [1.82, 2.24) is 4.98 Å². The normalized spacial score (nSPS) is 17.0. The van der Waals surface area contributed by atoms with E-state index in [4.69, 9.17) is 16.6 Å². The molecule has 2 aromatic rings. The lowest BCUT2D eigenvalue weighted by Crippen LogP contribution is -2.38. The Bertz CT molecular complexity index is 622. The molecule has 0 N–H and O–H groups in total. The van der Waals surface area contributed by atoms with Crippen LogP contribution in [0.15, 0.2) is 30.3 Å². The number of halogens is 1. The van der Waals surface area contributed by atoms with Crippen LogP contribution in [0.4, 0.5) is 5.82 Å². The summed E-state index contributed by atoms with van der Waals surface area (Å²) in [7, 11) is -0.664. The SMILES string of the molecule is O=S1CCN(c2cc(CCl)c3ccccc3n2)CC1. The third kappa shape index (κ3) is 2.60. The third-order valence-electron chi connectivity index (χ3n) is 3.43. The average Bonchev–Trinajstić information content (AvgIpc) is 2.47. The van der Waals surface area contributed by atoms with Gasteiger partial charge in [-0.05, 0) is 17.7 Å². The second-order valence-corrected chi connectivity index (χ2v) is 6.59. The van der Waals surface area contributed by atoms with E-state index in [-0.39, 0.29) is 0 Å². The molecule has 1 saturated heterocycles. The first-order valence-corrected chi connectivity index (χ1v) is 8.35. The maximum absolute atomic E-state index is 11.4. The molecule has 3 rings (SSSR count). The van der Waals surface area contributed by atoms with Crippen molar-refractivity contribution in [3.63, 3.8) is 0 Å². The van der Waals surface area contributed by atoms with Crippen molar-refractivity contribution in [3.8, 4) is 0 Å². The molecule has 100 valence electrons. The van der Waals surface area contributed by atoms with Crippen molar-refractivity contribution < 1.29 is 4.21 Å². The zero-order valence-electron chi connectivity index (χ0n) is 10.5. The predicted octanol–water partition coefficient (Wildman–Crippen LogP) is 2.54. The molecule has 0 saturated carbocycles. The van der Waals surface area contributed by atoms with Crippen LogP contribution in [0.3, 0.4) is 0 Å². The Labute approximate surface area is 120 Å². The van der Waals surface area contributed by atoms with E-state index in [9.17, 15) is 4.21 Å². The Morgan fingerprint density at radius 2 is 2.00 bits per heavy atom. The number of alkyl halides is 1. The highest BCUT2D eigenvalue weighted by atomic mass is 35.5. The quantitative estimate of drug-likeness (QED) is 0.798. The number of pyridine rings is 1. The largest absolute Gasteiger partial charge is 0.355 e. The molecular formula is C14H15ClN2OS. The fraction of sp³-hybridized carbons (Fsp3) is 0.357. The molecule has 0 spiro atoms. The minimum absolute atomic E-state index is 0.482. The van der Waals surface area contributed by atoms with Gasteiger partial charge in [0.05, 0.1) is 5.52 Å². The molecule has 1 aliphatic rings. The van der Waals surface area contributed by atoms with Crippen LogP contribution in [-0.4, -0.2) is 33.8 Å². The summed E-state index contributed by atoms with van der Waals surface area (Å²) in [5.74, 6) is 2.89. The number of nitrogens with zero attached hydrogens (tertiary/aromatic N) is 2. The number of anilines is 1. The molecule has 0 aliphatic carbocycles. The van der Waals surface area contributed by atoms with Crippen LogP contribution in [-0.2, 0) is 16.7 Å². The number of benzene rings is 1. The van der Waals surface area contributed by atoms with E-state index in [1.807, 2.05) is 18.2 Å². The van der Waals surface area contributed by atoms with Gasteiger partial charge in [0, 0.05) is 46.7 Å². The van der Waals surface area contributed by atoms with E-state index in [0.29, 0.717) is 5.88 Å². The van der Waals surface area contributed by atoms with Crippen molar-refractivity contribution in [2.45, 2.75) is 5.88 Å². The fourth-order valence-corrected chi connectivity index (χ4v) is 3.64. The van der Waals surface area contributed by atoms with Gasteiger partial charge in [-0.15, -0.1) is 11.6 Å². The molecule has 1 aromatic carbocycles. The second-order valence-electron chi connectivity index (χ2n) is 4.63. The average molecular weight is 295 g/mol. The number of hydrogen-bond donors (Lipinski definition) is 0. The van der Waals surface area contributed by atoms with E-state index in [1.165, 1.54) is 0 Å². The Balaban J connectivity index is 2.02. The van der Waals surface area contributed by atoms with Crippen LogP contribution in [0, 0.1) is 0 Å². The molecule has 19 heavy (non-hydrogen) atoms. The number of rotatable bonds is 2. The number of para-hydroxylation sites is 1. The smallest absolute Gasteiger partial charge is 0.129 e. The highest BCUT2D eigenvalue weighted by molar-refractivity contribution is 7.85. The first-order valence-electron chi connectivity index (χ1n) is 6.32. The summed E-state index contributed by atoms with van der Waals surface area (Å²) < 4.78 is 11.4. The fourth-order valence-electron chi connectivity index (χ4n) is 2.37. The standard InChI is InChI=1S/C14H15ClN2OS/c15-10-11-9-14(17-5-7-19(18)8-6-17)16-13-4-2-1-3-12(11)13/h1-4,9H,5-8,10H2. The minimum atomic E-state index is -0.664. The molecule has 0 bridgehead atoms. The predicted molar refractivity (Wildman–Crippen MR) is 81.4 cm³/mol. The molecule has 3 nitrogen and oxygen atoms in total. The van der Waals surface area contributed by atoms with Crippen molar-refractivity contribution in [3.05, 3.63) is 35.9 Å². The third-order valence-corrected chi connectivity index (χ3v) is 5.00. The Kier molecular flexibility index (Phi) is 3.71. The van der Waals surface area contributed by atoms with Crippen LogP contribution < -0.4 is 4.90 Å². The van der Waals surface area contributed by atoms with Gasteiger partial charge in [0.15, 0.2) is 0 Å². The molecule has 0 atom stereocenters. The monoisotopic (exact) mass is 294 g/mol.